The molecule has 1 N–H and O–H groups in total. The number of aryl methyl sites for hydroxylation is 1. The van der Waals surface area contributed by atoms with Gasteiger partial charge in [0.2, 0.25) is 5.91 Å². The number of nitrogens with one attached hydrogen (secondary N) is 1. The second kappa shape index (κ2) is 9.45. The molecule has 3 aromatic rings. The maximum absolute atomic E-state index is 12.9. The lowest BCUT2D eigenvalue weighted by atomic mass is 10.1. The minimum Gasteiger partial charge on any atom is -0.495 e. The summed E-state index contributed by atoms with van der Waals surface area (Å²) < 4.78 is 5.52. The molecule has 1 unspecified atom stereocenters. The standard InChI is InChI=1S/C24H20Cl2N2O3S/c1-14-7-8-21(31-2)20(9-14)28-22(29)13-32-24(28)18-5-3-4-6-19(18)27-23(30)15-10-16(25)12-17(26)11-15/h3-12,24H,13H2,1-2H3,(H,27,30). The number of halogens is 2. The van der Waals surface area contributed by atoms with Crippen LogP contribution in [0.5, 0.6) is 5.75 Å². The van der Waals surface area contributed by atoms with Crippen LogP contribution >= 0.6 is 35.0 Å². The molecule has 5 nitrogen and oxygen atoms in total. The van der Waals surface area contributed by atoms with Gasteiger partial charge in [0.15, 0.2) is 0 Å². The van der Waals surface area contributed by atoms with Crippen molar-refractivity contribution in [3.63, 3.8) is 0 Å². The molecule has 0 radical (unpaired) electrons. The number of para-hydroxylation sites is 1. The van der Waals surface area contributed by atoms with Gasteiger partial charge in [-0.3, -0.25) is 14.5 Å². The summed E-state index contributed by atoms with van der Waals surface area (Å²) in [4.78, 5) is 27.5. The summed E-state index contributed by atoms with van der Waals surface area (Å²) in [5.74, 6) is 0.586. The highest BCUT2D eigenvalue weighted by Crippen LogP contribution is 2.47. The first kappa shape index (κ1) is 22.5. The van der Waals surface area contributed by atoms with E-state index >= 15 is 0 Å². The lowest BCUT2D eigenvalue weighted by Gasteiger charge is -2.27. The highest BCUT2D eigenvalue weighted by atomic mass is 35.5. The number of carbonyl (C=O) groups is 2. The van der Waals surface area contributed by atoms with E-state index in [0.29, 0.717) is 38.5 Å². The summed E-state index contributed by atoms with van der Waals surface area (Å²) in [5, 5.41) is 3.38. The summed E-state index contributed by atoms with van der Waals surface area (Å²) in [5.41, 5.74) is 3.49. The van der Waals surface area contributed by atoms with Crippen molar-refractivity contribution < 1.29 is 14.3 Å². The zero-order valence-corrected chi connectivity index (χ0v) is 19.7. The molecule has 1 aliphatic heterocycles. The third kappa shape index (κ3) is 4.58. The second-order valence-electron chi connectivity index (χ2n) is 7.30. The van der Waals surface area contributed by atoms with Crippen molar-refractivity contribution in [2.24, 2.45) is 0 Å². The Morgan fingerprint density at radius 2 is 1.81 bits per heavy atom. The van der Waals surface area contributed by atoms with E-state index in [-0.39, 0.29) is 17.2 Å². The van der Waals surface area contributed by atoms with E-state index < -0.39 is 0 Å². The van der Waals surface area contributed by atoms with Gasteiger partial charge in [0.1, 0.15) is 11.1 Å². The number of anilines is 2. The molecule has 0 saturated carbocycles. The first-order valence-electron chi connectivity index (χ1n) is 9.82. The quantitative estimate of drug-likeness (QED) is 0.456. The molecule has 0 aromatic heterocycles. The molecule has 0 aliphatic carbocycles. The average molecular weight is 487 g/mol. The van der Waals surface area contributed by atoms with Gasteiger partial charge in [-0.2, -0.15) is 0 Å². The molecule has 3 aromatic carbocycles. The van der Waals surface area contributed by atoms with E-state index in [2.05, 4.69) is 5.32 Å². The van der Waals surface area contributed by atoms with E-state index in [0.717, 1.165) is 11.1 Å². The fourth-order valence-corrected chi connectivity index (χ4v) is 5.34. The highest BCUT2D eigenvalue weighted by molar-refractivity contribution is 8.00. The molecule has 0 bridgehead atoms. The molecule has 2 amide bonds. The summed E-state index contributed by atoms with van der Waals surface area (Å²) >= 11 is 13.6. The predicted octanol–water partition coefficient (Wildman–Crippen LogP) is 6.34. The van der Waals surface area contributed by atoms with Gasteiger partial charge in [-0.1, -0.05) is 47.5 Å². The second-order valence-corrected chi connectivity index (χ2v) is 9.24. The number of methoxy groups -OCH3 is 1. The number of nitrogens with zero attached hydrogens (tertiary/aromatic N) is 1. The van der Waals surface area contributed by atoms with Crippen LogP contribution in [0.3, 0.4) is 0 Å². The maximum Gasteiger partial charge on any atom is 0.255 e. The number of benzene rings is 3. The minimum absolute atomic E-state index is 0.0216. The number of thioether (sulfide) groups is 1. The van der Waals surface area contributed by atoms with Crippen molar-refractivity contribution in [1.29, 1.82) is 0 Å². The zero-order valence-electron chi connectivity index (χ0n) is 17.4. The van der Waals surface area contributed by atoms with Crippen LogP contribution < -0.4 is 15.0 Å². The van der Waals surface area contributed by atoms with Crippen molar-refractivity contribution in [2.75, 3.05) is 23.1 Å². The van der Waals surface area contributed by atoms with Crippen LogP contribution in [0.1, 0.15) is 26.9 Å². The fourth-order valence-electron chi connectivity index (χ4n) is 3.61. The van der Waals surface area contributed by atoms with Crippen LogP contribution in [-0.2, 0) is 4.79 Å². The molecule has 1 aliphatic rings. The van der Waals surface area contributed by atoms with Crippen molar-refractivity contribution in [3.8, 4) is 5.75 Å². The van der Waals surface area contributed by atoms with Crippen molar-refractivity contribution in [3.05, 3.63) is 87.4 Å². The molecule has 1 fully saturated rings. The minimum atomic E-state index is -0.337. The van der Waals surface area contributed by atoms with Crippen molar-refractivity contribution in [1.82, 2.24) is 0 Å². The summed E-state index contributed by atoms with van der Waals surface area (Å²) in [6.45, 7) is 1.97. The highest BCUT2D eigenvalue weighted by Gasteiger charge is 2.37. The van der Waals surface area contributed by atoms with Gasteiger partial charge in [-0.15, -0.1) is 11.8 Å². The molecule has 32 heavy (non-hydrogen) atoms. The van der Waals surface area contributed by atoms with Gasteiger partial charge < -0.3 is 10.1 Å². The SMILES string of the molecule is COc1ccc(C)cc1N1C(=O)CSC1c1ccccc1NC(=O)c1cc(Cl)cc(Cl)c1. The third-order valence-corrected chi connectivity index (χ3v) is 6.69. The Hall–Kier alpha value is -2.67. The molecule has 4 rings (SSSR count). The Labute approximate surface area is 200 Å². The van der Waals surface area contributed by atoms with Gasteiger partial charge in [-0.05, 0) is 48.9 Å². The van der Waals surface area contributed by atoms with E-state index in [1.807, 2.05) is 49.4 Å². The van der Waals surface area contributed by atoms with E-state index in [1.54, 1.807) is 30.2 Å². The van der Waals surface area contributed by atoms with Gasteiger partial charge in [-0.25, -0.2) is 0 Å². The Bertz CT molecular complexity index is 1180. The third-order valence-electron chi connectivity index (χ3n) is 5.06. The van der Waals surface area contributed by atoms with E-state index in [1.165, 1.54) is 11.8 Å². The van der Waals surface area contributed by atoms with Crippen molar-refractivity contribution >= 4 is 58.2 Å². The molecular formula is C24H20Cl2N2O3S. The lowest BCUT2D eigenvalue weighted by Crippen LogP contribution is -2.29. The van der Waals surface area contributed by atoms with Crippen LogP contribution in [0.4, 0.5) is 11.4 Å². The van der Waals surface area contributed by atoms with Crippen molar-refractivity contribution in [2.45, 2.75) is 12.3 Å². The Kier molecular flexibility index (Phi) is 6.65. The first-order chi connectivity index (χ1) is 15.4. The summed E-state index contributed by atoms with van der Waals surface area (Å²) in [7, 11) is 1.58. The smallest absolute Gasteiger partial charge is 0.255 e. The Balaban J connectivity index is 1.71. The first-order valence-corrected chi connectivity index (χ1v) is 11.6. The molecule has 1 saturated heterocycles. The molecule has 1 atom stereocenters. The number of carbonyl (C=O) groups excluding carboxylic acids is 2. The summed E-state index contributed by atoms with van der Waals surface area (Å²) in [6.07, 6.45) is 0. The van der Waals surface area contributed by atoms with Gasteiger partial charge in [0, 0.05) is 26.9 Å². The number of ether oxygens (including phenoxy) is 1. The van der Waals surface area contributed by atoms with Crippen LogP contribution in [0.2, 0.25) is 10.0 Å². The average Bonchev–Trinajstić information content (AvgIpc) is 3.14. The maximum atomic E-state index is 12.9. The number of amides is 2. The lowest BCUT2D eigenvalue weighted by molar-refractivity contribution is -0.115. The molecule has 8 heteroatoms. The number of hydrogen-bond acceptors (Lipinski definition) is 4. The monoisotopic (exact) mass is 486 g/mol. The van der Waals surface area contributed by atoms with Crippen LogP contribution in [0.25, 0.3) is 0 Å². The predicted molar refractivity (Wildman–Crippen MR) is 131 cm³/mol. The van der Waals surface area contributed by atoms with Gasteiger partial charge in [0.05, 0.1) is 18.6 Å². The van der Waals surface area contributed by atoms with Crippen LogP contribution in [-0.4, -0.2) is 24.7 Å². The molecule has 164 valence electrons. The number of hydrogen-bond donors (Lipinski definition) is 1. The van der Waals surface area contributed by atoms with Gasteiger partial charge in [0.25, 0.3) is 5.91 Å². The number of rotatable bonds is 5. The van der Waals surface area contributed by atoms with E-state index in [9.17, 15) is 9.59 Å². The van der Waals surface area contributed by atoms with Crippen LogP contribution in [0.15, 0.2) is 60.7 Å². The molecule has 0 spiro atoms. The molecular weight excluding hydrogens is 467 g/mol. The fraction of sp³-hybridized carbons (Fsp3) is 0.167. The zero-order chi connectivity index (χ0) is 22.8. The Morgan fingerprint density at radius 1 is 1.09 bits per heavy atom. The largest absolute Gasteiger partial charge is 0.495 e. The molecule has 1 heterocycles. The summed E-state index contributed by atoms with van der Waals surface area (Å²) in [6, 6.07) is 17.9. The van der Waals surface area contributed by atoms with E-state index in [4.69, 9.17) is 27.9 Å². The van der Waals surface area contributed by atoms with Gasteiger partial charge >= 0.3 is 0 Å². The van der Waals surface area contributed by atoms with Crippen LogP contribution in [0, 0.1) is 6.92 Å². The topological polar surface area (TPSA) is 58.6 Å². The normalized spacial score (nSPS) is 15.7. The Morgan fingerprint density at radius 3 is 2.53 bits per heavy atom.